The molecule has 0 N–H and O–H groups in total. The molecule has 1 aliphatic heterocycles. The van der Waals surface area contributed by atoms with Gasteiger partial charge in [-0.3, -0.25) is 0 Å². The first-order chi connectivity index (χ1) is 11.7. The first-order valence-electron chi connectivity index (χ1n) is 8.45. The topological polar surface area (TPSA) is 56.1 Å². The molecule has 1 aliphatic rings. The highest BCUT2D eigenvalue weighted by Crippen LogP contribution is 2.28. The summed E-state index contributed by atoms with van der Waals surface area (Å²) in [4.78, 5) is 2.48. The Bertz CT molecular complexity index is 675. The van der Waals surface area contributed by atoms with Crippen LogP contribution in [-0.4, -0.2) is 57.6 Å². The van der Waals surface area contributed by atoms with Crippen molar-refractivity contribution >= 4 is 11.8 Å². The van der Waals surface area contributed by atoms with Gasteiger partial charge in [0, 0.05) is 11.8 Å². The van der Waals surface area contributed by atoms with E-state index in [0.717, 1.165) is 27.9 Å². The van der Waals surface area contributed by atoms with Crippen molar-refractivity contribution in [2.45, 2.75) is 43.8 Å². The minimum Gasteiger partial charge on any atom is -0.494 e. The summed E-state index contributed by atoms with van der Waals surface area (Å²) in [6.45, 7) is 3.27. The number of hydrogen-bond donors (Lipinski definition) is 0. The lowest BCUT2D eigenvalue weighted by atomic mass is 10.0. The zero-order valence-electron chi connectivity index (χ0n) is 14.6. The molecule has 3 rings (SSSR count). The molecule has 6 nitrogen and oxygen atoms in total. The molecule has 0 saturated carbocycles. The van der Waals surface area contributed by atoms with E-state index in [1.807, 2.05) is 18.2 Å². The Hall–Kier alpha value is -1.60. The van der Waals surface area contributed by atoms with Gasteiger partial charge in [-0.25, -0.2) is 0 Å². The van der Waals surface area contributed by atoms with Crippen LogP contribution in [0.25, 0.3) is 5.69 Å². The Morgan fingerprint density at radius 1 is 1.33 bits per heavy atom. The molecule has 0 bridgehead atoms. The standard InChI is InChI=1S/C17H25N5OS/c1-13-7-8-16(23-3)15(12-13)22-17(18-19-20-22)24-11-9-14-6-4-5-10-21(14)2/h7-8,12,14H,4-6,9-11H2,1-3H3. The van der Waals surface area contributed by atoms with Crippen LogP contribution < -0.4 is 4.74 Å². The van der Waals surface area contributed by atoms with Crippen LogP contribution in [0.2, 0.25) is 0 Å². The summed E-state index contributed by atoms with van der Waals surface area (Å²) in [5.41, 5.74) is 2.04. The van der Waals surface area contributed by atoms with Crippen molar-refractivity contribution in [3.8, 4) is 11.4 Å². The van der Waals surface area contributed by atoms with Gasteiger partial charge in [0.1, 0.15) is 11.4 Å². The van der Waals surface area contributed by atoms with Gasteiger partial charge in [-0.15, -0.1) is 5.10 Å². The van der Waals surface area contributed by atoms with Gasteiger partial charge in [0.25, 0.3) is 0 Å². The molecule has 0 aliphatic carbocycles. The molecule has 1 fully saturated rings. The molecule has 24 heavy (non-hydrogen) atoms. The Morgan fingerprint density at radius 3 is 3.00 bits per heavy atom. The van der Waals surface area contributed by atoms with Gasteiger partial charge in [-0.2, -0.15) is 4.68 Å². The molecule has 130 valence electrons. The summed E-state index contributed by atoms with van der Waals surface area (Å²) in [6.07, 6.45) is 5.14. The molecule has 0 radical (unpaired) electrons. The highest BCUT2D eigenvalue weighted by atomic mass is 32.2. The van der Waals surface area contributed by atoms with E-state index in [9.17, 15) is 0 Å². The fourth-order valence-electron chi connectivity index (χ4n) is 3.18. The van der Waals surface area contributed by atoms with Crippen LogP contribution in [0.15, 0.2) is 23.4 Å². The molecule has 1 unspecified atom stereocenters. The molecular weight excluding hydrogens is 322 g/mol. The third kappa shape index (κ3) is 3.89. The predicted molar refractivity (Wildman–Crippen MR) is 96.1 cm³/mol. The maximum Gasteiger partial charge on any atom is 0.214 e. The highest BCUT2D eigenvalue weighted by molar-refractivity contribution is 7.99. The number of benzene rings is 1. The van der Waals surface area contributed by atoms with Crippen LogP contribution in [0.5, 0.6) is 5.75 Å². The Kier molecular flexibility index (Phi) is 5.73. The van der Waals surface area contributed by atoms with Crippen LogP contribution in [-0.2, 0) is 0 Å². The van der Waals surface area contributed by atoms with Gasteiger partial charge in [-0.1, -0.05) is 24.2 Å². The second kappa shape index (κ2) is 7.98. The molecule has 1 aromatic carbocycles. The summed E-state index contributed by atoms with van der Waals surface area (Å²) in [7, 11) is 3.90. The van der Waals surface area contributed by atoms with Crippen LogP contribution in [0.4, 0.5) is 0 Å². The van der Waals surface area contributed by atoms with E-state index < -0.39 is 0 Å². The molecule has 2 heterocycles. The number of thioether (sulfide) groups is 1. The van der Waals surface area contributed by atoms with E-state index in [0.29, 0.717) is 6.04 Å². The van der Waals surface area contributed by atoms with Crippen molar-refractivity contribution in [2.24, 2.45) is 0 Å². The van der Waals surface area contributed by atoms with Crippen LogP contribution in [0.1, 0.15) is 31.2 Å². The lowest BCUT2D eigenvalue weighted by Gasteiger charge is -2.32. The molecule has 0 spiro atoms. The Labute approximate surface area is 147 Å². The largest absolute Gasteiger partial charge is 0.494 e. The molecule has 1 aromatic heterocycles. The first kappa shape index (κ1) is 17.2. The van der Waals surface area contributed by atoms with Gasteiger partial charge in [-0.05, 0) is 67.9 Å². The number of tetrazole rings is 1. The number of piperidine rings is 1. The highest BCUT2D eigenvalue weighted by Gasteiger charge is 2.19. The number of rotatable bonds is 6. The van der Waals surface area contributed by atoms with Crippen LogP contribution in [0.3, 0.4) is 0 Å². The predicted octanol–water partition coefficient (Wildman–Crippen LogP) is 2.95. The van der Waals surface area contributed by atoms with E-state index in [-0.39, 0.29) is 0 Å². The third-order valence-corrected chi connectivity index (χ3v) is 5.56. The third-order valence-electron chi connectivity index (χ3n) is 4.61. The lowest BCUT2D eigenvalue weighted by molar-refractivity contribution is 0.182. The molecule has 7 heteroatoms. The van der Waals surface area contributed by atoms with Crippen molar-refractivity contribution in [1.29, 1.82) is 0 Å². The van der Waals surface area contributed by atoms with Gasteiger partial charge in [0.05, 0.1) is 7.11 Å². The molecular formula is C17H25N5OS. The second-order valence-corrected chi connectivity index (χ2v) is 7.38. The summed E-state index contributed by atoms with van der Waals surface area (Å²) in [5, 5.41) is 13.0. The number of hydrogen-bond acceptors (Lipinski definition) is 6. The molecule has 0 amide bonds. The Balaban J connectivity index is 1.68. The number of aryl methyl sites for hydroxylation is 1. The Morgan fingerprint density at radius 2 is 2.21 bits per heavy atom. The maximum atomic E-state index is 5.46. The summed E-state index contributed by atoms with van der Waals surface area (Å²) in [5.74, 6) is 1.80. The monoisotopic (exact) mass is 347 g/mol. The van der Waals surface area contributed by atoms with Crippen molar-refractivity contribution in [3.63, 3.8) is 0 Å². The summed E-state index contributed by atoms with van der Waals surface area (Å²) >= 11 is 1.71. The van der Waals surface area contributed by atoms with Crippen molar-refractivity contribution < 1.29 is 4.74 Å². The second-order valence-electron chi connectivity index (χ2n) is 6.32. The van der Waals surface area contributed by atoms with E-state index >= 15 is 0 Å². The zero-order chi connectivity index (χ0) is 16.9. The minimum absolute atomic E-state index is 0.684. The fourth-order valence-corrected chi connectivity index (χ4v) is 4.10. The minimum atomic E-state index is 0.684. The van der Waals surface area contributed by atoms with Gasteiger partial charge < -0.3 is 9.64 Å². The number of methoxy groups -OCH3 is 1. The van der Waals surface area contributed by atoms with E-state index in [2.05, 4.69) is 34.4 Å². The van der Waals surface area contributed by atoms with E-state index in [1.165, 1.54) is 32.2 Å². The molecule has 1 atom stereocenters. The lowest BCUT2D eigenvalue weighted by Crippen LogP contribution is -2.36. The average molecular weight is 347 g/mol. The van der Waals surface area contributed by atoms with Crippen molar-refractivity contribution in [2.75, 3.05) is 26.5 Å². The average Bonchev–Trinajstić information content (AvgIpc) is 3.05. The molecule has 1 saturated heterocycles. The smallest absolute Gasteiger partial charge is 0.214 e. The summed E-state index contributed by atoms with van der Waals surface area (Å²) < 4.78 is 7.24. The summed E-state index contributed by atoms with van der Waals surface area (Å²) in [6, 6.07) is 6.72. The van der Waals surface area contributed by atoms with Crippen molar-refractivity contribution in [1.82, 2.24) is 25.1 Å². The number of nitrogens with zero attached hydrogens (tertiary/aromatic N) is 5. The number of aromatic nitrogens is 4. The zero-order valence-corrected chi connectivity index (χ0v) is 15.4. The van der Waals surface area contributed by atoms with Crippen molar-refractivity contribution in [3.05, 3.63) is 23.8 Å². The van der Waals surface area contributed by atoms with Gasteiger partial charge >= 0.3 is 0 Å². The van der Waals surface area contributed by atoms with Gasteiger partial charge in [0.15, 0.2) is 0 Å². The van der Waals surface area contributed by atoms with Crippen LogP contribution in [0, 0.1) is 6.92 Å². The molecule has 2 aromatic rings. The fraction of sp³-hybridized carbons (Fsp3) is 0.588. The number of ether oxygens (including phenoxy) is 1. The van der Waals surface area contributed by atoms with E-state index in [4.69, 9.17) is 4.74 Å². The van der Waals surface area contributed by atoms with Crippen LogP contribution >= 0.6 is 11.8 Å². The normalized spacial score (nSPS) is 18.7. The van der Waals surface area contributed by atoms with E-state index in [1.54, 1.807) is 23.6 Å². The maximum absolute atomic E-state index is 5.46. The van der Waals surface area contributed by atoms with Gasteiger partial charge in [0.2, 0.25) is 5.16 Å². The first-order valence-corrected chi connectivity index (χ1v) is 9.44. The quantitative estimate of drug-likeness (QED) is 0.749. The number of likely N-dealkylation sites (tertiary alicyclic amines) is 1. The SMILES string of the molecule is COc1ccc(C)cc1-n1nnnc1SCCC1CCCCN1C.